The lowest BCUT2D eigenvalue weighted by Crippen LogP contribution is -2.23. The van der Waals surface area contributed by atoms with E-state index in [2.05, 4.69) is 4.98 Å². The van der Waals surface area contributed by atoms with Crippen LogP contribution in [0.25, 0.3) is 11.0 Å². The minimum atomic E-state index is -0.502. The first-order valence-corrected chi connectivity index (χ1v) is 5.23. The highest BCUT2D eigenvalue weighted by molar-refractivity contribution is 5.84. The van der Waals surface area contributed by atoms with Gasteiger partial charge in [-0.3, -0.25) is 9.36 Å². The molecule has 0 saturated heterocycles. The van der Waals surface area contributed by atoms with E-state index in [9.17, 15) is 9.90 Å². The molecule has 0 radical (unpaired) electrons. The number of aryl methyl sites for hydroxylation is 2. The highest BCUT2D eigenvalue weighted by Crippen LogP contribution is 2.24. The SMILES string of the molecule is CCn1c(=O)c(C#N)c(O)c2ccc(C)nc21. The highest BCUT2D eigenvalue weighted by Gasteiger charge is 2.15. The molecule has 0 spiro atoms. The summed E-state index contributed by atoms with van der Waals surface area (Å²) in [5.41, 5.74) is 0.431. The first-order valence-electron chi connectivity index (χ1n) is 5.23. The number of nitriles is 1. The van der Waals surface area contributed by atoms with Crippen molar-refractivity contribution >= 4 is 11.0 Å². The first-order chi connectivity index (χ1) is 8.10. The Labute approximate surface area is 97.6 Å². The summed E-state index contributed by atoms with van der Waals surface area (Å²) in [4.78, 5) is 16.2. The van der Waals surface area contributed by atoms with Crippen molar-refractivity contribution in [2.75, 3.05) is 0 Å². The number of aromatic hydroxyl groups is 1. The van der Waals surface area contributed by atoms with E-state index in [0.717, 1.165) is 5.69 Å². The Balaban J connectivity index is 3.08. The number of rotatable bonds is 1. The number of fused-ring (bicyclic) bond motifs is 1. The zero-order chi connectivity index (χ0) is 12.6. The van der Waals surface area contributed by atoms with Gasteiger partial charge >= 0.3 is 0 Å². The van der Waals surface area contributed by atoms with Gasteiger partial charge in [-0.05, 0) is 26.0 Å². The van der Waals surface area contributed by atoms with Crippen molar-refractivity contribution < 1.29 is 5.11 Å². The van der Waals surface area contributed by atoms with Gasteiger partial charge in [-0.25, -0.2) is 4.98 Å². The van der Waals surface area contributed by atoms with Crippen LogP contribution in [-0.4, -0.2) is 14.7 Å². The molecule has 0 aliphatic carbocycles. The predicted octanol–water partition coefficient (Wildman–Crippen LogP) is 1.30. The molecular weight excluding hydrogens is 218 g/mol. The Bertz CT molecular complexity index is 695. The van der Waals surface area contributed by atoms with Gasteiger partial charge in [0.2, 0.25) is 0 Å². The molecule has 0 bridgehead atoms. The Hall–Kier alpha value is -2.35. The molecule has 17 heavy (non-hydrogen) atoms. The maximum Gasteiger partial charge on any atom is 0.273 e. The van der Waals surface area contributed by atoms with Gasteiger partial charge in [-0.1, -0.05) is 0 Å². The van der Waals surface area contributed by atoms with Gasteiger partial charge < -0.3 is 5.11 Å². The lowest BCUT2D eigenvalue weighted by molar-refractivity contribution is 0.476. The molecule has 1 N–H and O–H groups in total. The third kappa shape index (κ3) is 1.54. The van der Waals surface area contributed by atoms with Crippen LogP contribution in [0, 0.1) is 18.3 Å². The summed E-state index contributed by atoms with van der Waals surface area (Å²) >= 11 is 0. The Morgan fingerprint density at radius 3 is 2.82 bits per heavy atom. The summed E-state index contributed by atoms with van der Waals surface area (Å²) in [6.45, 7) is 4.00. The van der Waals surface area contributed by atoms with Crippen LogP contribution in [-0.2, 0) is 6.54 Å². The Morgan fingerprint density at radius 2 is 2.24 bits per heavy atom. The molecule has 0 aliphatic rings. The predicted molar refractivity (Wildman–Crippen MR) is 62.8 cm³/mol. The number of pyridine rings is 2. The second-order valence-corrected chi connectivity index (χ2v) is 3.71. The molecule has 86 valence electrons. The minimum Gasteiger partial charge on any atom is -0.506 e. The summed E-state index contributed by atoms with van der Waals surface area (Å²) in [5.74, 6) is -0.287. The molecule has 5 nitrogen and oxygen atoms in total. The average Bonchev–Trinajstić information content (AvgIpc) is 2.30. The Kier molecular flexibility index (Phi) is 2.56. The van der Waals surface area contributed by atoms with Crippen molar-refractivity contribution in [3.63, 3.8) is 0 Å². The summed E-state index contributed by atoms with van der Waals surface area (Å²) in [7, 11) is 0. The van der Waals surface area contributed by atoms with Crippen LogP contribution in [0.3, 0.4) is 0 Å². The second-order valence-electron chi connectivity index (χ2n) is 3.71. The third-order valence-corrected chi connectivity index (χ3v) is 2.65. The molecule has 5 heteroatoms. The van der Waals surface area contributed by atoms with Crippen LogP contribution in [0.2, 0.25) is 0 Å². The fourth-order valence-electron chi connectivity index (χ4n) is 1.79. The van der Waals surface area contributed by atoms with Gasteiger partial charge in [0.25, 0.3) is 5.56 Å². The average molecular weight is 229 g/mol. The van der Waals surface area contributed by atoms with Crippen molar-refractivity contribution in [1.82, 2.24) is 9.55 Å². The number of hydrogen-bond acceptors (Lipinski definition) is 4. The van der Waals surface area contributed by atoms with Crippen LogP contribution in [0.4, 0.5) is 0 Å². The van der Waals surface area contributed by atoms with E-state index in [1.165, 1.54) is 4.57 Å². The highest BCUT2D eigenvalue weighted by atomic mass is 16.3. The van der Waals surface area contributed by atoms with Crippen LogP contribution < -0.4 is 5.56 Å². The molecule has 2 aromatic rings. The van der Waals surface area contributed by atoms with E-state index in [0.29, 0.717) is 17.6 Å². The van der Waals surface area contributed by atoms with Gasteiger partial charge in [-0.2, -0.15) is 5.26 Å². The van der Waals surface area contributed by atoms with E-state index in [-0.39, 0.29) is 11.3 Å². The first kappa shape index (κ1) is 11.1. The zero-order valence-electron chi connectivity index (χ0n) is 9.56. The molecule has 0 fully saturated rings. The fraction of sp³-hybridized carbons (Fsp3) is 0.250. The zero-order valence-corrected chi connectivity index (χ0v) is 9.56. The van der Waals surface area contributed by atoms with Crippen molar-refractivity contribution in [2.45, 2.75) is 20.4 Å². The monoisotopic (exact) mass is 229 g/mol. The van der Waals surface area contributed by atoms with E-state index in [1.54, 1.807) is 32.0 Å². The molecule has 0 saturated carbocycles. The molecule has 2 heterocycles. The summed E-state index contributed by atoms with van der Waals surface area (Å²) in [6, 6.07) is 5.13. The summed E-state index contributed by atoms with van der Waals surface area (Å²) in [6.07, 6.45) is 0. The molecule has 2 aromatic heterocycles. The molecule has 0 unspecified atom stereocenters. The van der Waals surface area contributed by atoms with Gasteiger partial charge in [0.05, 0.1) is 5.39 Å². The standard InChI is InChI=1S/C12H11N3O2/c1-3-15-11-8(5-4-7(2)14-11)10(16)9(6-13)12(15)17/h4-5,16H,3H2,1-2H3. The lowest BCUT2D eigenvalue weighted by Gasteiger charge is -2.10. The van der Waals surface area contributed by atoms with Crippen LogP contribution in [0.5, 0.6) is 5.75 Å². The summed E-state index contributed by atoms with van der Waals surface area (Å²) < 4.78 is 1.39. The van der Waals surface area contributed by atoms with Gasteiger partial charge in [0.15, 0.2) is 5.56 Å². The van der Waals surface area contributed by atoms with Crippen molar-refractivity contribution in [2.24, 2.45) is 0 Å². The number of nitrogens with zero attached hydrogens (tertiary/aromatic N) is 3. The van der Waals surface area contributed by atoms with Crippen LogP contribution in [0.15, 0.2) is 16.9 Å². The minimum absolute atomic E-state index is 0.231. The molecular formula is C12H11N3O2. The fourth-order valence-corrected chi connectivity index (χ4v) is 1.79. The third-order valence-electron chi connectivity index (χ3n) is 2.65. The van der Waals surface area contributed by atoms with Gasteiger partial charge in [0.1, 0.15) is 17.5 Å². The van der Waals surface area contributed by atoms with Gasteiger partial charge in [-0.15, -0.1) is 0 Å². The number of aromatic nitrogens is 2. The summed E-state index contributed by atoms with van der Waals surface area (Å²) in [5, 5.41) is 19.2. The molecule has 0 aromatic carbocycles. The van der Waals surface area contributed by atoms with Crippen molar-refractivity contribution in [1.29, 1.82) is 5.26 Å². The molecule has 2 rings (SSSR count). The topological polar surface area (TPSA) is 78.9 Å². The van der Waals surface area contributed by atoms with Gasteiger partial charge in [0, 0.05) is 12.2 Å². The van der Waals surface area contributed by atoms with Crippen molar-refractivity contribution in [3.8, 4) is 11.8 Å². The van der Waals surface area contributed by atoms with Crippen molar-refractivity contribution in [3.05, 3.63) is 33.7 Å². The molecule has 0 aliphatic heterocycles. The van der Waals surface area contributed by atoms with Crippen LogP contribution >= 0.6 is 0 Å². The van der Waals surface area contributed by atoms with Crippen LogP contribution in [0.1, 0.15) is 18.2 Å². The maximum atomic E-state index is 11.9. The van der Waals surface area contributed by atoms with E-state index in [1.807, 2.05) is 0 Å². The second kappa shape index (κ2) is 3.91. The Morgan fingerprint density at radius 1 is 1.53 bits per heavy atom. The van der Waals surface area contributed by atoms with E-state index in [4.69, 9.17) is 5.26 Å². The van der Waals surface area contributed by atoms with E-state index >= 15 is 0 Å². The molecule has 0 amide bonds. The number of hydrogen-bond donors (Lipinski definition) is 1. The smallest absolute Gasteiger partial charge is 0.273 e. The normalized spacial score (nSPS) is 10.4. The molecule has 0 atom stereocenters. The maximum absolute atomic E-state index is 11.9. The lowest BCUT2D eigenvalue weighted by atomic mass is 10.1. The quantitative estimate of drug-likeness (QED) is 0.799. The largest absolute Gasteiger partial charge is 0.506 e. The van der Waals surface area contributed by atoms with E-state index < -0.39 is 5.56 Å².